The number of Topliss-reactive ketones (excluding diaryl/α,β-unsaturated/α-hetero) is 1. The number of thioether (sulfide) groups is 1. The zero-order valence-electron chi connectivity index (χ0n) is 12.3. The fraction of sp³-hybridized carbons (Fsp3) is 0.188. The van der Waals surface area contributed by atoms with E-state index in [9.17, 15) is 9.59 Å². The fourth-order valence-corrected chi connectivity index (χ4v) is 3.03. The molecular formula is C16H14ClNO4S. The van der Waals surface area contributed by atoms with Crippen LogP contribution in [0.3, 0.4) is 0 Å². The molecule has 120 valence electrons. The molecule has 0 fully saturated rings. The van der Waals surface area contributed by atoms with Gasteiger partial charge in [0, 0.05) is 17.6 Å². The third kappa shape index (κ3) is 4.97. The largest absolute Gasteiger partial charge is 0.497 e. The molecule has 0 bridgehead atoms. The molecule has 1 heterocycles. The molecule has 0 spiro atoms. The molecule has 1 N–H and O–H groups in total. The highest BCUT2D eigenvalue weighted by atomic mass is 35.5. The number of ketones is 1. The molecule has 2 rings (SSSR count). The van der Waals surface area contributed by atoms with Gasteiger partial charge >= 0.3 is 5.97 Å². The zero-order valence-corrected chi connectivity index (χ0v) is 13.9. The molecular weight excluding hydrogens is 338 g/mol. The molecule has 0 radical (unpaired) electrons. The summed E-state index contributed by atoms with van der Waals surface area (Å²) in [5.74, 6) is -0.397. The summed E-state index contributed by atoms with van der Waals surface area (Å²) in [7, 11) is 1.53. The number of carbonyl (C=O) groups is 2. The van der Waals surface area contributed by atoms with Gasteiger partial charge in [0.05, 0.1) is 18.4 Å². The van der Waals surface area contributed by atoms with Crippen LogP contribution in [0.15, 0.2) is 41.6 Å². The standard InChI is InChI=1S/C16H14ClNO4S/c1-22-13-7-10(5-11(17)8-13)6-12(19)9-23-15-14(16(20)21)3-2-4-18-15/h2-5,7-8H,6,9H2,1H3,(H,20,21). The van der Waals surface area contributed by atoms with E-state index in [1.165, 1.54) is 19.4 Å². The molecule has 0 amide bonds. The first-order chi connectivity index (χ1) is 11.0. The Balaban J connectivity index is 2.01. The first-order valence-corrected chi connectivity index (χ1v) is 8.02. The number of ether oxygens (including phenoxy) is 1. The van der Waals surface area contributed by atoms with Crippen molar-refractivity contribution < 1.29 is 19.4 Å². The van der Waals surface area contributed by atoms with E-state index in [0.717, 1.165) is 17.3 Å². The number of aromatic nitrogens is 1. The Morgan fingerprint density at radius 2 is 2.13 bits per heavy atom. The lowest BCUT2D eigenvalue weighted by Crippen LogP contribution is -2.08. The van der Waals surface area contributed by atoms with Crippen molar-refractivity contribution in [1.82, 2.24) is 4.98 Å². The second-order valence-corrected chi connectivity index (χ2v) is 6.07. The highest BCUT2D eigenvalue weighted by molar-refractivity contribution is 8.00. The summed E-state index contributed by atoms with van der Waals surface area (Å²) in [6.45, 7) is 0. The van der Waals surface area contributed by atoms with E-state index >= 15 is 0 Å². The zero-order chi connectivity index (χ0) is 16.8. The number of hydrogen-bond acceptors (Lipinski definition) is 5. The maximum atomic E-state index is 12.1. The lowest BCUT2D eigenvalue weighted by molar-refractivity contribution is -0.116. The average Bonchev–Trinajstić information content (AvgIpc) is 2.52. The van der Waals surface area contributed by atoms with Gasteiger partial charge in [0.25, 0.3) is 0 Å². The quantitative estimate of drug-likeness (QED) is 0.771. The maximum absolute atomic E-state index is 12.1. The first kappa shape index (κ1) is 17.3. The van der Waals surface area contributed by atoms with Gasteiger partial charge in [-0.3, -0.25) is 4.79 Å². The first-order valence-electron chi connectivity index (χ1n) is 6.66. The smallest absolute Gasteiger partial charge is 0.338 e. The molecule has 0 saturated carbocycles. The predicted molar refractivity (Wildman–Crippen MR) is 88.6 cm³/mol. The van der Waals surface area contributed by atoms with Gasteiger partial charge in [0.1, 0.15) is 16.6 Å². The van der Waals surface area contributed by atoms with Crippen LogP contribution in [0.5, 0.6) is 5.75 Å². The van der Waals surface area contributed by atoms with Crippen LogP contribution >= 0.6 is 23.4 Å². The van der Waals surface area contributed by atoms with Gasteiger partial charge in [-0.05, 0) is 35.9 Å². The van der Waals surface area contributed by atoms with Gasteiger partial charge in [-0.15, -0.1) is 0 Å². The van der Waals surface area contributed by atoms with Crippen LogP contribution in [-0.4, -0.2) is 34.7 Å². The maximum Gasteiger partial charge on any atom is 0.338 e. The second-order valence-electron chi connectivity index (χ2n) is 4.66. The van der Waals surface area contributed by atoms with Gasteiger partial charge in [0.2, 0.25) is 0 Å². The van der Waals surface area contributed by atoms with Crippen LogP contribution < -0.4 is 4.74 Å². The number of methoxy groups -OCH3 is 1. The number of rotatable bonds is 7. The Morgan fingerprint density at radius 1 is 1.35 bits per heavy atom. The topological polar surface area (TPSA) is 76.5 Å². The van der Waals surface area contributed by atoms with Crippen LogP contribution in [0, 0.1) is 0 Å². The van der Waals surface area contributed by atoms with Gasteiger partial charge in [-0.1, -0.05) is 23.4 Å². The van der Waals surface area contributed by atoms with Crippen LogP contribution in [0.2, 0.25) is 5.02 Å². The van der Waals surface area contributed by atoms with Crippen molar-refractivity contribution in [3.05, 3.63) is 52.7 Å². The predicted octanol–water partition coefficient (Wildman–Crippen LogP) is 3.35. The van der Waals surface area contributed by atoms with Crippen LogP contribution in [-0.2, 0) is 11.2 Å². The van der Waals surface area contributed by atoms with Crippen molar-refractivity contribution in [3.8, 4) is 5.75 Å². The van der Waals surface area contributed by atoms with E-state index in [1.807, 2.05) is 0 Å². The molecule has 23 heavy (non-hydrogen) atoms. The van der Waals surface area contributed by atoms with Crippen molar-refractivity contribution >= 4 is 35.1 Å². The summed E-state index contributed by atoms with van der Waals surface area (Å²) in [5, 5.41) is 9.92. The lowest BCUT2D eigenvalue weighted by atomic mass is 10.1. The van der Waals surface area contributed by atoms with E-state index in [1.54, 1.807) is 24.3 Å². The Morgan fingerprint density at radius 3 is 2.83 bits per heavy atom. The number of carboxylic acids is 1. The number of carbonyl (C=O) groups excluding carboxylic acids is 1. The number of halogens is 1. The molecule has 0 aliphatic carbocycles. The molecule has 0 unspecified atom stereocenters. The van der Waals surface area contributed by atoms with Crippen molar-refractivity contribution in [2.75, 3.05) is 12.9 Å². The molecule has 5 nitrogen and oxygen atoms in total. The molecule has 0 atom stereocenters. The number of aromatic carboxylic acids is 1. The van der Waals surface area contributed by atoms with E-state index in [2.05, 4.69) is 4.98 Å². The number of nitrogens with zero attached hydrogens (tertiary/aromatic N) is 1. The monoisotopic (exact) mass is 351 g/mol. The van der Waals surface area contributed by atoms with Crippen LogP contribution in [0.4, 0.5) is 0 Å². The summed E-state index contributed by atoms with van der Waals surface area (Å²) in [4.78, 5) is 27.2. The van der Waals surface area contributed by atoms with Crippen molar-refractivity contribution in [3.63, 3.8) is 0 Å². The number of carboxylic acid groups (broad SMARTS) is 1. The Hall–Kier alpha value is -2.05. The van der Waals surface area contributed by atoms with E-state index in [-0.39, 0.29) is 23.5 Å². The van der Waals surface area contributed by atoms with Gasteiger partial charge in [-0.2, -0.15) is 0 Å². The summed E-state index contributed by atoms with van der Waals surface area (Å²) >= 11 is 7.08. The Bertz CT molecular complexity index is 736. The third-order valence-electron chi connectivity index (χ3n) is 2.94. The van der Waals surface area contributed by atoms with Crippen molar-refractivity contribution in [2.24, 2.45) is 0 Å². The summed E-state index contributed by atoms with van der Waals surface area (Å²) in [6, 6.07) is 8.13. The number of benzene rings is 1. The molecule has 0 aliphatic rings. The minimum Gasteiger partial charge on any atom is -0.497 e. The SMILES string of the molecule is COc1cc(Cl)cc(CC(=O)CSc2ncccc2C(=O)O)c1. The van der Waals surface area contributed by atoms with Gasteiger partial charge < -0.3 is 9.84 Å². The number of pyridine rings is 1. The lowest BCUT2D eigenvalue weighted by Gasteiger charge is -2.06. The molecule has 0 aliphatic heterocycles. The normalized spacial score (nSPS) is 10.3. The highest BCUT2D eigenvalue weighted by Crippen LogP contribution is 2.23. The summed E-state index contributed by atoms with van der Waals surface area (Å²) < 4.78 is 5.11. The number of hydrogen-bond donors (Lipinski definition) is 1. The van der Waals surface area contributed by atoms with Crippen LogP contribution in [0.1, 0.15) is 15.9 Å². The highest BCUT2D eigenvalue weighted by Gasteiger charge is 2.13. The third-order valence-corrected chi connectivity index (χ3v) is 4.22. The second kappa shape index (κ2) is 7.99. The average molecular weight is 352 g/mol. The summed E-state index contributed by atoms with van der Waals surface area (Å²) in [5.41, 5.74) is 0.842. The minimum atomic E-state index is -1.06. The summed E-state index contributed by atoms with van der Waals surface area (Å²) in [6.07, 6.45) is 1.69. The van der Waals surface area contributed by atoms with E-state index in [4.69, 9.17) is 21.4 Å². The van der Waals surface area contributed by atoms with E-state index in [0.29, 0.717) is 15.8 Å². The molecule has 7 heteroatoms. The minimum absolute atomic E-state index is 0.0543. The Labute approximate surface area is 142 Å². The molecule has 2 aromatic rings. The molecule has 1 aromatic heterocycles. The Kier molecular flexibility index (Phi) is 6.01. The van der Waals surface area contributed by atoms with Gasteiger partial charge in [0.15, 0.2) is 0 Å². The van der Waals surface area contributed by atoms with E-state index < -0.39 is 5.97 Å². The van der Waals surface area contributed by atoms with Crippen molar-refractivity contribution in [2.45, 2.75) is 11.4 Å². The fourth-order valence-electron chi connectivity index (χ4n) is 1.94. The van der Waals surface area contributed by atoms with Crippen molar-refractivity contribution in [1.29, 1.82) is 0 Å². The van der Waals surface area contributed by atoms with Gasteiger partial charge in [-0.25, -0.2) is 9.78 Å². The molecule has 1 aromatic carbocycles. The van der Waals surface area contributed by atoms with Crippen LogP contribution in [0.25, 0.3) is 0 Å². The molecule has 0 saturated heterocycles.